The quantitative estimate of drug-likeness (QED) is 0.250. The fourth-order valence-corrected chi connectivity index (χ4v) is 5.64. The minimum absolute atomic E-state index is 0.0467. The van der Waals surface area contributed by atoms with Crippen molar-refractivity contribution in [3.05, 3.63) is 101 Å². The average Bonchev–Trinajstić information content (AvgIpc) is 2.94. The molecule has 42 heavy (non-hydrogen) atoms. The van der Waals surface area contributed by atoms with Gasteiger partial charge in [-0.3, -0.25) is 13.9 Å². The van der Waals surface area contributed by atoms with Crippen LogP contribution in [0.2, 0.25) is 5.02 Å². The highest BCUT2D eigenvalue weighted by molar-refractivity contribution is 7.92. The smallest absolute Gasteiger partial charge is 0.243 e. The second kappa shape index (κ2) is 15.1. The van der Waals surface area contributed by atoms with E-state index in [0.29, 0.717) is 11.4 Å². The number of amides is 2. The summed E-state index contributed by atoms with van der Waals surface area (Å²) in [6.45, 7) is 3.79. The van der Waals surface area contributed by atoms with Crippen molar-refractivity contribution in [2.75, 3.05) is 17.1 Å². The molecule has 0 bridgehead atoms. The van der Waals surface area contributed by atoms with E-state index in [1.807, 2.05) is 50.2 Å². The number of halogens is 3. The summed E-state index contributed by atoms with van der Waals surface area (Å²) in [5.41, 5.74) is 1.55. The van der Waals surface area contributed by atoms with Crippen LogP contribution in [0.3, 0.4) is 0 Å². The number of rotatable bonds is 14. The molecule has 11 heteroatoms. The molecule has 0 aromatic heterocycles. The summed E-state index contributed by atoms with van der Waals surface area (Å²) < 4.78 is 53.3. The Balaban J connectivity index is 1.90. The third-order valence-electron chi connectivity index (χ3n) is 6.86. The van der Waals surface area contributed by atoms with Gasteiger partial charge in [-0.1, -0.05) is 61.0 Å². The lowest BCUT2D eigenvalue weighted by atomic mass is 10.0. The van der Waals surface area contributed by atoms with Crippen LogP contribution in [-0.2, 0) is 32.6 Å². The van der Waals surface area contributed by atoms with Gasteiger partial charge in [-0.15, -0.1) is 0 Å². The Morgan fingerprint density at radius 3 is 2.26 bits per heavy atom. The molecular formula is C31H36ClF2N3O4S. The molecule has 7 nitrogen and oxygen atoms in total. The summed E-state index contributed by atoms with van der Waals surface area (Å²) in [5, 5.41) is 3.48. The molecule has 2 unspecified atom stereocenters. The predicted molar refractivity (Wildman–Crippen MR) is 162 cm³/mol. The molecule has 0 saturated carbocycles. The van der Waals surface area contributed by atoms with E-state index < -0.39 is 27.7 Å². The van der Waals surface area contributed by atoms with E-state index in [2.05, 4.69) is 5.32 Å². The van der Waals surface area contributed by atoms with E-state index in [4.69, 9.17) is 11.6 Å². The molecule has 0 radical (unpaired) electrons. The monoisotopic (exact) mass is 619 g/mol. The Morgan fingerprint density at radius 2 is 1.64 bits per heavy atom. The van der Waals surface area contributed by atoms with Crippen molar-refractivity contribution in [1.29, 1.82) is 0 Å². The molecular weight excluding hydrogens is 584 g/mol. The van der Waals surface area contributed by atoms with Gasteiger partial charge in [0, 0.05) is 43.1 Å². The van der Waals surface area contributed by atoms with Crippen molar-refractivity contribution < 1.29 is 26.8 Å². The van der Waals surface area contributed by atoms with Gasteiger partial charge in [0.15, 0.2) is 11.6 Å². The highest BCUT2D eigenvalue weighted by Crippen LogP contribution is 2.23. The predicted octanol–water partition coefficient (Wildman–Crippen LogP) is 5.72. The van der Waals surface area contributed by atoms with Crippen molar-refractivity contribution in [3.8, 4) is 0 Å². The maximum atomic E-state index is 13.9. The number of carbonyl (C=O) groups is 2. The molecule has 1 N–H and O–H groups in total. The molecule has 2 atom stereocenters. The summed E-state index contributed by atoms with van der Waals surface area (Å²) in [7, 11) is -3.87. The van der Waals surface area contributed by atoms with Crippen molar-refractivity contribution in [2.45, 2.75) is 58.2 Å². The van der Waals surface area contributed by atoms with Gasteiger partial charge in [-0.2, -0.15) is 0 Å². The lowest BCUT2D eigenvalue weighted by Gasteiger charge is -2.32. The number of anilines is 1. The van der Waals surface area contributed by atoms with Crippen LogP contribution in [0, 0.1) is 11.6 Å². The number of carbonyl (C=O) groups excluding carboxylic acids is 2. The third-order valence-corrected chi connectivity index (χ3v) is 8.29. The Bertz CT molecular complexity index is 1470. The van der Waals surface area contributed by atoms with Crippen LogP contribution >= 0.6 is 11.6 Å². The fourth-order valence-electron chi connectivity index (χ4n) is 4.47. The Labute approximate surface area is 251 Å². The number of sulfonamides is 1. The minimum Gasteiger partial charge on any atom is -0.352 e. The molecule has 2 amide bonds. The second-order valence-electron chi connectivity index (χ2n) is 10.2. The van der Waals surface area contributed by atoms with Crippen molar-refractivity contribution in [2.24, 2.45) is 0 Å². The zero-order valence-electron chi connectivity index (χ0n) is 23.9. The molecule has 3 rings (SSSR count). The van der Waals surface area contributed by atoms with Crippen LogP contribution in [0.4, 0.5) is 14.5 Å². The topological polar surface area (TPSA) is 86.8 Å². The maximum Gasteiger partial charge on any atom is 0.243 e. The van der Waals surface area contributed by atoms with Gasteiger partial charge in [0.25, 0.3) is 0 Å². The zero-order chi connectivity index (χ0) is 30.9. The van der Waals surface area contributed by atoms with Gasteiger partial charge in [-0.05, 0) is 55.2 Å². The first-order valence-electron chi connectivity index (χ1n) is 13.7. The normalized spacial score (nSPS) is 12.8. The number of hydrogen-bond acceptors (Lipinski definition) is 4. The van der Waals surface area contributed by atoms with Gasteiger partial charge in [0.2, 0.25) is 21.8 Å². The van der Waals surface area contributed by atoms with Gasteiger partial charge in [-0.25, -0.2) is 17.2 Å². The Kier molecular flexibility index (Phi) is 11.9. The molecule has 0 fully saturated rings. The molecule has 0 aliphatic carbocycles. The molecule has 0 saturated heterocycles. The third kappa shape index (κ3) is 9.52. The summed E-state index contributed by atoms with van der Waals surface area (Å²) in [6, 6.07) is 18.2. The molecule has 0 heterocycles. The van der Waals surface area contributed by atoms with Crippen LogP contribution in [0.25, 0.3) is 0 Å². The van der Waals surface area contributed by atoms with Crippen molar-refractivity contribution in [3.63, 3.8) is 0 Å². The summed E-state index contributed by atoms with van der Waals surface area (Å²) in [4.78, 5) is 28.9. The highest BCUT2D eigenvalue weighted by Gasteiger charge is 2.31. The van der Waals surface area contributed by atoms with Gasteiger partial charge >= 0.3 is 0 Å². The van der Waals surface area contributed by atoms with Crippen LogP contribution in [0.1, 0.15) is 44.2 Å². The van der Waals surface area contributed by atoms with Crippen LogP contribution in [-0.4, -0.2) is 50.0 Å². The van der Waals surface area contributed by atoms with Crippen LogP contribution in [0.15, 0.2) is 72.8 Å². The summed E-state index contributed by atoms with van der Waals surface area (Å²) in [6.07, 6.45) is 1.90. The lowest BCUT2D eigenvalue weighted by molar-refractivity contribution is -0.141. The second-order valence-corrected chi connectivity index (χ2v) is 12.6. The number of hydrogen-bond donors (Lipinski definition) is 1. The van der Waals surface area contributed by atoms with E-state index in [-0.39, 0.29) is 55.9 Å². The zero-order valence-corrected chi connectivity index (χ0v) is 25.5. The van der Waals surface area contributed by atoms with Gasteiger partial charge in [0.05, 0.1) is 11.9 Å². The van der Waals surface area contributed by atoms with Gasteiger partial charge in [0.1, 0.15) is 6.04 Å². The molecule has 3 aromatic carbocycles. The van der Waals surface area contributed by atoms with Crippen molar-refractivity contribution in [1.82, 2.24) is 10.2 Å². The summed E-state index contributed by atoms with van der Waals surface area (Å²) in [5.74, 6) is -2.95. The van der Waals surface area contributed by atoms with E-state index in [1.54, 1.807) is 18.2 Å². The van der Waals surface area contributed by atoms with E-state index in [9.17, 15) is 26.8 Å². The Hall–Kier alpha value is -3.50. The average molecular weight is 620 g/mol. The minimum atomic E-state index is -3.87. The largest absolute Gasteiger partial charge is 0.352 e. The van der Waals surface area contributed by atoms with Crippen LogP contribution in [0.5, 0.6) is 0 Å². The standard InChI is InChI=1S/C31H36ClF2N3O4S/c1-4-22(2)35-31(39)29(19-23-10-6-5-7-11-23)36(21-24-12-8-13-25(32)18-24)30(38)14-9-17-37(42(3,40)41)26-15-16-27(33)28(34)20-26/h5-8,10-13,15-16,18,20,22,29H,4,9,14,17,19,21H2,1-3H3,(H,35,39). The molecule has 0 spiro atoms. The van der Waals surface area contributed by atoms with E-state index in [0.717, 1.165) is 33.8 Å². The molecule has 3 aromatic rings. The van der Waals surface area contributed by atoms with E-state index in [1.165, 1.54) is 11.0 Å². The SMILES string of the molecule is CCC(C)NC(=O)C(Cc1ccccc1)N(Cc1cccc(Cl)c1)C(=O)CCCN(c1ccc(F)c(F)c1)S(C)(=O)=O. The van der Waals surface area contributed by atoms with Crippen LogP contribution < -0.4 is 9.62 Å². The maximum absolute atomic E-state index is 13.9. The number of nitrogens with one attached hydrogen (secondary N) is 1. The highest BCUT2D eigenvalue weighted by atomic mass is 35.5. The molecule has 0 aliphatic heterocycles. The first-order valence-corrected chi connectivity index (χ1v) is 15.9. The van der Waals surface area contributed by atoms with Gasteiger partial charge < -0.3 is 10.2 Å². The summed E-state index contributed by atoms with van der Waals surface area (Å²) >= 11 is 6.21. The lowest BCUT2D eigenvalue weighted by Crippen LogP contribution is -2.52. The molecule has 0 aliphatic rings. The Morgan fingerprint density at radius 1 is 0.952 bits per heavy atom. The first-order chi connectivity index (χ1) is 19.9. The molecule has 226 valence electrons. The number of benzene rings is 3. The number of nitrogens with zero attached hydrogens (tertiary/aromatic N) is 2. The first kappa shape index (κ1) is 33.0. The van der Waals surface area contributed by atoms with Crippen molar-refractivity contribution >= 4 is 39.1 Å². The van der Waals surface area contributed by atoms with E-state index >= 15 is 0 Å². The fraction of sp³-hybridized carbons (Fsp3) is 0.355.